The molecule has 1 heterocycles. The van der Waals surface area contributed by atoms with Crippen molar-refractivity contribution in [2.45, 2.75) is 19.4 Å². The van der Waals surface area contributed by atoms with E-state index in [0.717, 1.165) is 12.0 Å². The fourth-order valence-corrected chi connectivity index (χ4v) is 3.56. The molecule has 0 saturated carbocycles. The minimum absolute atomic E-state index is 0.210. The summed E-state index contributed by atoms with van der Waals surface area (Å²) in [6, 6.07) is 13.3. The van der Waals surface area contributed by atoms with Crippen molar-refractivity contribution in [3.05, 3.63) is 70.4 Å². The normalized spacial score (nSPS) is 14.4. The SMILES string of the molecule is O=S(=O)(NCc1ccccn1)C1=Cc2ccccc2CC1. The van der Waals surface area contributed by atoms with Crippen molar-refractivity contribution in [1.29, 1.82) is 0 Å². The Labute approximate surface area is 124 Å². The van der Waals surface area contributed by atoms with Gasteiger partial charge in [-0.05, 0) is 42.2 Å². The van der Waals surface area contributed by atoms with E-state index >= 15 is 0 Å². The first-order valence-corrected chi connectivity index (χ1v) is 8.31. The van der Waals surface area contributed by atoms with E-state index in [1.54, 1.807) is 24.4 Å². The van der Waals surface area contributed by atoms with Gasteiger partial charge in [0.15, 0.2) is 0 Å². The summed E-state index contributed by atoms with van der Waals surface area (Å²) in [5.74, 6) is 0. The van der Waals surface area contributed by atoms with Gasteiger partial charge in [-0.15, -0.1) is 0 Å². The second-order valence-electron chi connectivity index (χ2n) is 4.96. The van der Waals surface area contributed by atoms with Crippen LogP contribution in [0.25, 0.3) is 6.08 Å². The van der Waals surface area contributed by atoms with Crippen LogP contribution in [0.2, 0.25) is 0 Å². The van der Waals surface area contributed by atoms with Crippen LogP contribution in [0.5, 0.6) is 0 Å². The van der Waals surface area contributed by atoms with E-state index in [2.05, 4.69) is 9.71 Å². The quantitative estimate of drug-likeness (QED) is 0.943. The van der Waals surface area contributed by atoms with E-state index in [4.69, 9.17) is 0 Å². The maximum atomic E-state index is 12.4. The molecule has 1 aliphatic carbocycles. The highest BCUT2D eigenvalue weighted by molar-refractivity contribution is 7.93. The van der Waals surface area contributed by atoms with E-state index in [1.807, 2.05) is 30.3 Å². The van der Waals surface area contributed by atoms with Gasteiger partial charge in [-0.1, -0.05) is 30.3 Å². The molecular weight excluding hydrogens is 284 g/mol. The Morgan fingerprint density at radius 2 is 1.86 bits per heavy atom. The van der Waals surface area contributed by atoms with Gasteiger partial charge in [0.25, 0.3) is 0 Å². The average Bonchev–Trinajstić information content (AvgIpc) is 2.53. The van der Waals surface area contributed by atoms with Gasteiger partial charge in [0.1, 0.15) is 0 Å². The van der Waals surface area contributed by atoms with Crippen LogP contribution in [0.3, 0.4) is 0 Å². The molecule has 0 atom stereocenters. The molecule has 4 nitrogen and oxygen atoms in total. The number of aryl methyl sites for hydroxylation is 1. The minimum atomic E-state index is -3.45. The zero-order chi connectivity index (χ0) is 14.7. The number of nitrogens with one attached hydrogen (secondary N) is 1. The number of fused-ring (bicyclic) bond motifs is 1. The molecule has 1 aromatic heterocycles. The number of aromatic nitrogens is 1. The van der Waals surface area contributed by atoms with E-state index in [1.165, 1.54) is 5.56 Å². The standard InChI is InChI=1S/C16H16N2O2S/c19-21(20,18-12-15-7-3-4-10-17-15)16-9-8-13-5-1-2-6-14(13)11-16/h1-7,10-11,18H,8-9,12H2. The van der Waals surface area contributed by atoms with Crippen molar-refractivity contribution in [3.8, 4) is 0 Å². The molecule has 0 unspecified atom stereocenters. The molecule has 0 amide bonds. The molecule has 0 radical (unpaired) electrons. The topological polar surface area (TPSA) is 59.1 Å². The molecular formula is C16H16N2O2S. The molecule has 0 aliphatic heterocycles. The van der Waals surface area contributed by atoms with Crippen LogP contribution in [0.15, 0.2) is 53.6 Å². The van der Waals surface area contributed by atoms with Gasteiger partial charge >= 0.3 is 0 Å². The summed E-state index contributed by atoms with van der Waals surface area (Å²) >= 11 is 0. The molecule has 108 valence electrons. The van der Waals surface area contributed by atoms with E-state index in [0.29, 0.717) is 17.0 Å². The summed E-state index contributed by atoms with van der Waals surface area (Å²) < 4.78 is 27.3. The minimum Gasteiger partial charge on any atom is -0.260 e. The molecule has 21 heavy (non-hydrogen) atoms. The third-order valence-electron chi connectivity index (χ3n) is 3.53. The Hall–Kier alpha value is -1.98. The summed E-state index contributed by atoms with van der Waals surface area (Å²) in [5, 5.41) is 0. The van der Waals surface area contributed by atoms with Gasteiger partial charge in [-0.3, -0.25) is 4.98 Å². The van der Waals surface area contributed by atoms with Gasteiger partial charge in [0.05, 0.1) is 17.1 Å². The van der Waals surface area contributed by atoms with Crippen LogP contribution in [-0.4, -0.2) is 13.4 Å². The summed E-state index contributed by atoms with van der Waals surface area (Å²) in [6.45, 7) is 0.210. The Morgan fingerprint density at radius 3 is 2.67 bits per heavy atom. The molecule has 0 fully saturated rings. The third-order valence-corrected chi connectivity index (χ3v) is 5.06. The van der Waals surface area contributed by atoms with Crippen LogP contribution < -0.4 is 4.72 Å². The van der Waals surface area contributed by atoms with Crippen molar-refractivity contribution >= 4 is 16.1 Å². The molecule has 1 N–H and O–H groups in total. The molecule has 1 aliphatic rings. The van der Waals surface area contributed by atoms with Gasteiger partial charge in [-0.2, -0.15) is 0 Å². The fraction of sp³-hybridized carbons (Fsp3) is 0.188. The van der Waals surface area contributed by atoms with Crippen molar-refractivity contribution in [2.75, 3.05) is 0 Å². The van der Waals surface area contributed by atoms with E-state index in [9.17, 15) is 8.42 Å². The molecule has 5 heteroatoms. The van der Waals surface area contributed by atoms with Gasteiger partial charge < -0.3 is 0 Å². The number of nitrogens with zero attached hydrogens (tertiary/aromatic N) is 1. The molecule has 3 rings (SSSR count). The Bertz CT molecular complexity index is 768. The van der Waals surface area contributed by atoms with Gasteiger partial charge in [0, 0.05) is 6.20 Å². The average molecular weight is 300 g/mol. The zero-order valence-electron chi connectivity index (χ0n) is 11.5. The van der Waals surface area contributed by atoms with Crippen molar-refractivity contribution in [3.63, 3.8) is 0 Å². The maximum absolute atomic E-state index is 12.4. The van der Waals surface area contributed by atoms with Crippen molar-refractivity contribution in [2.24, 2.45) is 0 Å². The second kappa shape index (κ2) is 5.79. The van der Waals surface area contributed by atoms with Crippen LogP contribution in [-0.2, 0) is 23.0 Å². The van der Waals surface area contributed by atoms with Crippen LogP contribution >= 0.6 is 0 Å². The molecule has 0 saturated heterocycles. The predicted octanol–water partition coefficient (Wildman–Crippen LogP) is 2.49. The van der Waals surface area contributed by atoms with Gasteiger partial charge in [0.2, 0.25) is 10.0 Å². The van der Waals surface area contributed by atoms with Gasteiger partial charge in [-0.25, -0.2) is 13.1 Å². The molecule has 0 spiro atoms. The Balaban J connectivity index is 1.78. The lowest BCUT2D eigenvalue weighted by atomic mass is 9.98. The summed E-state index contributed by atoms with van der Waals surface area (Å²) in [7, 11) is -3.45. The molecule has 0 bridgehead atoms. The van der Waals surface area contributed by atoms with Crippen molar-refractivity contribution < 1.29 is 8.42 Å². The molecule has 1 aromatic carbocycles. The lowest BCUT2D eigenvalue weighted by Gasteiger charge is -2.16. The van der Waals surface area contributed by atoms with Crippen molar-refractivity contribution in [1.82, 2.24) is 9.71 Å². The van der Waals surface area contributed by atoms with Crippen LogP contribution in [0, 0.1) is 0 Å². The Morgan fingerprint density at radius 1 is 1.05 bits per heavy atom. The first-order valence-electron chi connectivity index (χ1n) is 6.83. The summed E-state index contributed by atoms with van der Waals surface area (Å²) in [4.78, 5) is 4.56. The zero-order valence-corrected chi connectivity index (χ0v) is 12.3. The lowest BCUT2D eigenvalue weighted by Crippen LogP contribution is -2.26. The number of sulfonamides is 1. The highest BCUT2D eigenvalue weighted by Gasteiger charge is 2.21. The highest BCUT2D eigenvalue weighted by atomic mass is 32.2. The number of hydrogen-bond acceptors (Lipinski definition) is 3. The first kappa shape index (κ1) is 14.0. The van der Waals surface area contributed by atoms with E-state index in [-0.39, 0.29) is 6.54 Å². The monoisotopic (exact) mass is 300 g/mol. The lowest BCUT2D eigenvalue weighted by molar-refractivity contribution is 0.585. The number of rotatable bonds is 4. The number of hydrogen-bond donors (Lipinski definition) is 1. The van der Waals surface area contributed by atoms with Crippen LogP contribution in [0.4, 0.5) is 0 Å². The second-order valence-corrected chi connectivity index (χ2v) is 6.78. The fourth-order valence-electron chi connectivity index (χ4n) is 2.38. The first-order chi connectivity index (χ1) is 10.1. The third kappa shape index (κ3) is 3.20. The highest BCUT2D eigenvalue weighted by Crippen LogP contribution is 2.26. The molecule has 2 aromatic rings. The summed E-state index contributed by atoms with van der Waals surface area (Å²) in [5.41, 5.74) is 2.89. The number of benzene rings is 1. The number of allylic oxidation sites excluding steroid dienone is 1. The largest absolute Gasteiger partial charge is 0.260 e. The predicted molar refractivity (Wildman–Crippen MR) is 82.7 cm³/mol. The van der Waals surface area contributed by atoms with Crippen LogP contribution in [0.1, 0.15) is 23.2 Å². The Kier molecular flexibility index (Phi) is 3.86. The summed E-state index contributed by atoms with van der Waals surface area (Å²) in [6.07, 6.45) is 4.71. The number of pyridine rings is 1. The smallest absolute Gasteiger partial charge is 0.237 e. The maximum Gasteiger partial charge on any atom is 0.237 e. The van der Waals surface area contributed by atoms with E-state index < -0.39 is 10.0 Å².